The first-order valence-electron chi connectivity index (χ1n) is 6.43. The summed E-state index contributed by atoms with van der Waals surface area (Å²) in [6.07, 6.45) is 2.95. The quantitative estimate of drug-likeness (QED) is 0.886. The van der Waals surface area contributed by atoms with Crippen LogP contribution in [-0.2, 0) is 6.42 Å². The van der Waals surface area contributed by atoms with Crippen LogP contribution < -0.4 is 5.32 Å². The number of benzene rings is 1. The fraction of sp³-hybridized carbons (Fsp3) is 0.400. The molecule has 0 saturated carbocycles. The third-order valence-electron chi connectivity index (χ3n) is 3.11. The number of thiazole rings is 1. The molecule has 0 aliphatic carbocycles. The molecule has 18 heavy (non-hydrogen) atoms. The minimum atomic E-state index is 0.401. The lowest BCUT2D eigenvalue weighted by atomic mass is 10.1. The Balaban J connectivity index is 2.09. The van der Waals surface area contributed by atoms with Gasteiger partial charge in [0.25, 0.3) is 0 Å². The first kappa shape index (κ1) is 13.2. The number of aryl methyl sites for hydroxylation is 1. The highest BCUT2D eigenvalue weighted by atomic mass is 32.1. The molecule has 96 valence electrons. The summed E-state index contributed by atoms with van der Waals surface area (Å²) in [5.41, 5.74) is 2.71. The second kappa shape index (κ2) is 6.12. The van der Waals surface area contributed by atoms with E-state index in [1.807, 2.05) is 17.5 Å². The van der Waals surface area contributed by atoms with Crippen LogP contribution in [0.15, 0.2) is 30.5 Å². The lowest BCUT2D eigenvalue weighted by Crippen LogP contribution is -2.16. The van der Waals surface area contributed by atoms with Crippen molar-refractivity contribution in [2.75, 3.05) is 6.54 Å². The number of nitrogens with one attached hydrogen (secondary N) is 1. The van der Waals surface area contributed by atoms with E-state index in [0.717, 1.165) is 13.0 Å². The Kier molecular flexibility index (Phi) is 4.50. The summed E-state index contributed by atoms with van der Waals surface area (Å²) in [5.74, 6) is 0. The van der Waals surface area contributed by atoms with Gasteiger partial charge in [0.05, 0.1) is 5.01 Å². The van der Waals surface area contributed by atoms with Crippen molar-refractivity contribution in [1.82, 2.24) is 10.3 Å². The van der Waals surface area contributed by atoms with Crippen LogP contribution in [0.1, 0.15) is 40.9 Å². The van der Waals surface area contributed by atoms with Crippen molar-refractivity contribution in [2.24, 2.45) is 0 Å². The fourth-order valence-electron chi connectivity index (χ4n) is 1.98. The Labute approximate surface area is 113 Å². The summed E-state index contributed by atoms with van der Waals surface area (Å²) in [5, 5.41) is 4.62. The molecule has 2 aromatic rings. The Morgan fingerprint density at radius 2 is 2.11 bits per heavy atom. The van der Waals surface area contributed by atoms with Crippen LogP contribution in [0, 0.1) is 6.92 Å². The minimum Gasteiger partial charge on any atom is -0.310 e. The van der Waals surface area contributed by atoms with Gasteiger partial charge in [0, 0.05) is 23.5 Å². The summed E-state index contributed by atoms with van der Waals surface area (Å²) >= 11 is 1.81. The average Bonchev–Trinajstić information content (AvgIpc) is 2.81. The molecule has 1 unspecified atom stereocenters. The molecule has 1 N–H and O–H groups in total. The predicted octanol–water partition coefficient (Wildman–Crippen LogP) is 3.71. The third-order valence-corrected chi connectivity index (χ3v) is 4.29. The van der Waals surface area contributed by atoms with Gasteiger partial charge < -0.3 is 5.32 Å². The van der Waals surface area contributed by atoms with Crippen LogP contribution >= 0.6 is 11.3 Å². The van der Waals surface area contributed by atoms with Crippen LogP contribution in [0.3, 0.4) is 0 Å². The molecule has 1 atom stereocenters. The van der Waals surface area contributed by atoms with Crippen molar-refractivity contribution in [3.8, 4) is 0 Å². The molecule has 2 nitrogen and oxygen atoms in total. The molecule has 0 saturated heterocycles. The van der Waals surface area contributed by atoms with E-state index in [4.69, 9.17) is 0 Å². The fourth-order valence-corrected chi connectivity index (χ4v) is 2.96. The number of hydrogen-bond donors (Lipinski definition) is 1. The zero-order valence-electron chi connectivity index (χ0n) is 11.2. The van der Waals surface area contributed by atoms with Gasteiger partial charge in [-0.15, -0.1) is 11.3 Å². The molecule has 3 heteroatoms. The van der Waals surface area contributed by atoms with E-state index in [1.165, 1.54) is 21.0 Å². The number of rotatable bonds is 5. The van der Waals surface area contributed by atoms with E-state index >= 15 is 0 Å². The molecule has 0 amide bonds. The Hall–Kier alpha value is -1.19. The SMILES string of the molecule is CCNC(C)c1cnc(Cc2ccccc2C)s1. The molecule has 0 aliphatic rings. The molecule has 0 aliphatic heterocycles. The van der Waals surface area contributed by atoms with Crippen molar-refractivity contribution in [1.29, 1.82) is 0 Å². The van der Waals surface area contributed by atoms with Crippen LogP contribution in [0.25, 0.3) is 0 Å². The van der Waals surface area contributed by atoms with E-state index in [1.54, 1.807) is 0 Å². The van der Waals surface area contributed by atoms with Crippen molar-refractivity contribution in [2.45, 2.75) is 33.2 Å². The largest absolute Gasteiger partial charge is 0.310 e. The highest BCUT2D eigenvalue weighted by molar-refractivity contribution is 7.11. The molecule has 2 rings (SSSR count). The number of hydrogen-bond acceptors (Lipinski definition) is 3. The smallest absolute Gasteiger partial charge is 0.0972 e. The van der Waals surface area contributed by atoms with Crippen molar-refractivity contribution in [3.63, 3.8) is 0 Å². The lowest BCUT2D eigenvalue weighted by molar-refractivity contribution is 0.606. The van der Waals surface area contributed by atoms with E-state index < -0.39 is 0 Å². The van der Waals surface area contributed by atoms with Gasteiger partial charge in [-0.3, -0.25) is 0 Å². The molecule has 0 radical (unpaired) electrons. The highest BCUT2D eigenvalue weighted by Gasteiger charge is 2.09. The maximum absolute atomic E-state index is 4.53. The molecule has 1 aromatic carbocycles. The van der Waals surface area contributed by atoms with Gasteiger partial charge in [-0.05, 0) is 31.5 Å². The maximum Gasteiger partial charge on any atom is 0.0972 e. The van der Waals surface area contributed by atoms with Crippen LogP contribution in [0.5, 0.6) is 0 Å². The van der Waals surface area contributed by atoms with Gasteiger partial charge in [-0.1, -0.05) is 31.2 Å². The molecular weight excluding hydrogens is 240 g/mol. The van der Waals surface area contributed by atoms with Crippen molar-refractivity contribution in [3.05, 3.63) is 51.5 Å². The van der Waals surface area contributed by atoms with Gasteiger partial charge in [0.2, 0.25) is 0 Å². The summed E-state index contributed by atoms with van der Waals surface area (Å²) in [6.45, 7) is 7.47. The molecule has 1 heterocycles. The first-order chi connectivity index (χ1) is 8.70. The summed E-state index contributed by atoms with van der Waals surface area (Å²) in [7, 11) is 0. The first-order valence-corrected chi connectivity index (χ1v) is 7.25. The Morgan fingerprint density at radius 3 is 2.83 bits per heavy atom. The summed E-state index contributed by atoms with van der Waals surface area (Å²) in [6, 6.07) is 8.92. The lowest BCUT2D eigenvalue weighted by Gasteiger charge is -2.08. The zero-order valence-corrected chi connectivity index (χ0v) is 12.1. The molecule has 0 spiro atoms. The van der Waals surface area contributed by atoms with Gasteiger partial charge >= 0.3 is 0 Å². The predicted molar refractivity (Wildman–Crippen MR) is 78.2 cm³/mol. The van der Waals surface area contributed by atoms with Gasteiger partial charge in [0.15, 0.2) is 0 Å². The van der Waals surface area contributed by atoms with E-state index in [0.29, 0.717) is 6.04 Å². The monoisotopic (exact) mass is 260 g/mol. The number of aromatic nitrogens is 1. The normalized spacial score (nSPS) is 12.6. The van der Waals surface area contributed by atoms with Crippen molar-refractivity contribution < 1.29 is 0 Å². The van der Waals surface area contributed by atoms with E-state index in [2.05, 4.69) is 55.3 Å². The average molecular weight is 260 g/mol. The van der Waals surface area contributed by atoms with Gasteiger partial charge in [-0.2, -0.15) is 0 Å². The van der Waals surface area contributed by atoms with Crippen LogP contribution in [0.2, 0.25) is 0 Å². The Bertz CT molecular complexity index is 505. The van der Waals surface area contributed by atoms with Gasteiger partial charge in [0.1, 0.15) is 0 Å². The zero-order chi connectivity index (χ0) is 13.0. The van der Waals surface area contributed by atoms with Crippen molar-refractivity contribution >= 4 is 11.3 Å². The molecule has 0 bridgehead atoms. The van der Waals surface area contributed by atoms with Gasteiger partial charge in [-0.25, -0.2) is 4.98 Å². The van der Waals surface area contributed by atoms with E-state index in [-0.39, 0.29) is 0 Å². The topological polar surface area (TPSA) is 24.9 Å². The second-order valence-corrected chi connectivity index (χ2v) is 5.69. The Morgan fingerprint density at radius 1 is 1.33 bits per heavy atom. The maximum atomic E-state index is 4.53. The number of nitrogens with zero attached hydrogens (tertiary/aromatic N) is 1. The summed E-state index contributed by atoms with van der Waals surface area (Å²) < 4.78 is 0. The minimum absolute atomic E-state index is 0.401. The standard InChI is InChI=1S/C15H20N2S/c1-4-16-12(3)14-10-17-15(18-14)9-13-8-6-5-7-11(13)2/h5-8,10,12,16H,4,9H2,1-3H3. The second-order valence-electron chi connectivity index (χ2n) is 4.54. The molecule has 1 aromatic heterocycles. The van der Waals surface area contributed by atoms with E-state index in [9.17, 15) is 0 Å². The summed E-state index contributed by atoms with van der Waals surface area (Å²) in [4.78, 5) is 5.85. The highest BCUT2D eigenvalue weighted by Crippen LogP contribution is 2.23. The molecule has 0 fully saturated rings. The third kappa shape index (κ3) is 3.18. The molecular formula is C15H20N2S. The van der Waals surface area contributed by atoms with Crippen LogP contribution in [-0.4, -0.2) is 11.5 Å². The van der Waals surface area contributed by atoms with Crippen LogP contribution in [0.4, 0.5) is 0 Å².